The number of halogens is 2. The van der Waals surface area contributed by atoms with E-state index in [1.54, 1.807) is 24.1 Å². The number of benzene rings is 1. The molecule has 0 saturated carbocycles. The van der Waals surface area contributed by atoms with Crippen molar-refractivity contribution in [3.63, 3.8) is 0 Å². The average molecular weight is 380 g/mol. The lowest BCUT2D eigenvalue weighted by Crippen LogP contribution is -2.26. The number of hydrogen-bond acceptors (Lipinski definition) is 5. The molecule has 0 saturated heterocycles. The smallest absolute Gasteiger partial charge is 0.227 e. The molecular formula is C17H15ClFN3O2S. The third kappa shape index (κ3) is 4.64. The maximum atomic E-state index is 12.9. The minimum absolute atomic E-state index is 0.0222. The van der Waals surface area contributed by atoms with Crippen molar-refractivity contribution in [1.29, 1.82) is 0 Å². The summed E-state index contributed by atoms with van der Waals surface area (Å²) in [5, 5.41) is 3.86. The summed E-state index contributed by atoms with van der Waals surface area (Å²) in [7, 11) is 1.74. The van der Waals surface area contributed by atoms with Crippen LogP contribution < -0.4 is 0 Å². The van der Waals surface area contributed by atoms with Gasteiger partial charge in [0, 0.05) is 30.3 Å². The van der Waals surface area contributed by atoms with Crippen LogP contribution in [-0.4, -0.2) is 28.0 Å². The first-order valence-electron chi connectivity index (χ1n) is 7.58. The van der Waals surface area contributed by atoms with Gasteiger partial charge in [0.2, 0.25) is 17.6 Å². The van der Waals surface area contributed by atoms with Gasteiger partial charge in [-0.2, -0.15) is 4.98 Å². The van der Waals surface area contributed by atoms with Crippen molar-refractivity contribution in [1.82, 2.24) is 15.0 Å². The average Bonchev–Trinajstić information content (AvgIpc) is 3.22. The van der Waals surface area contributed by atoms with Crippen molar-refractivity contribution in [2.45, 2.75) is 19.4 Å². The number of amides is 1. The second-order valence-corrected chi connectivity index (χ2v) is 7.27. The van der Waals surface area contributed by atoms with Gasteiger partial charge in [-0.15, -0.1) is 11.3 Å². The molecule has 2 heterocycles. The SMILES string of the molecule is CN(Cc1ccc(Cl)s1)C(=O)CCc1nc(-c2ccc(F)cc2)no1. The molecule has 1 amide bonds. The molecule has 0 fully saturated rings. The zero-order chi connectivity index (χ0) is 17.8. The number of carbonyl (C=O) groups excluding carboxylic acids is 1. The van der Waals surface area contributed by atoms with Crippen molar-refractivity contribution in [2.75, 3.05) is 7.05 Å². The largest absolute Gasteiger partial charge is 0.341 e. The molecule has 0 atom stereocenters. The zero-order valence-corrected chi connectivity index (χ0v) is 15.0. The lowest BCUT2D eigenvalue weighted by atomic mass is 10.2. The molecule has 0 bridgehead atoms. The van der Waals surface area contributed by atoms with Crippen LogP contribution in [0.1, 0.15) is 17.2 Å². The molecule has 8 heteroatoms. The fourth-order valence-electron chi connectivity index (χ4n) is 2.24. The van der Waals surface area contributed by atoms with Gasteiger partial charge in [-0.3, -0.25) is 4.79 Å². The Morgan fingerprint density at radius 2 is 2.04 bits per heavy atom. The van der Waals surface area contributed by atoms with Crippen molar-refractivity contribution >= 4 is 28.8 Å². The highest BCUT2D eigenvalue weighted by Crippen LogP contribution is 2.22. The highest BCUT2D eigenvalue weighted by Gasteiger charge is 2.14. The Balaban J connectivity index is 1.54. The molecule has 0 aliphatic carbocycles. The Hall–Kier alpha value is -2.25. The highest BCUT2D eigenvalue weighted by molar-refractivity contribution is 7.16. The van der Waals surface area contributed by atoms with E-state index in [0.29, 0.717) is 34.6 Å². The lowest BCUT2D eigenvalue weighted by molar-refractivity contribution is -0.130. The van der Waals surface area contributed by atoms with E-state index in [9.17, 15) is 9.18 Å². The third-order valence-corrected chi connectivity index (χ3v) is 4.79. The molecule has 2 aromatic heterocycles. The molecule has 0 aliphatic rings. The molecule has 0 spiro atoms. The molecule has 0 N–H and O–H groups in total. The summed E-state index contributed by atoms with van der Waals surface area (Å²) >= 11 is 7.35. The Morgan fingerprint density at radius 1 is 1.28 bits per heavy atom. The fraction of sp³-hybridized carbons (Fsp3) is 0.235. The van der Waals surface area contributed by atoms with Crippen LogP contribution in [-0.2, 0) is 17.8 Å². The summed E-state index contributed by atoms with van der Waals surface area (Å²) in [6.07, 6.45) is 0.614. The van der Waals surface area contributed by atoms with Gasteiger partial charge in [0.1, 0.15) is 5.82 Å². The Labute approximate surface area is 153 Å². The summed E-state index contributed by atoms with van der Waals surface area (Å²) in [4.78, 5) is 19.1. The molecule has 5 nitrogen and oxygen atoms in total. The maximum absolute atomic E-state index is 12.9. The second-order valence-electron chi connectivity index (χ2n) is 5.47. The van der Waals surface area contributed by atoms with E-state index >= 15 is 0 Å². The summed E-state index contributed by atoms with van der Waals surface area (Å²) in [6.45, 7) is 0.515. The maximum Gasteiger partial charge on any atom is 0.227 e. The molecule has 3 rings (SSSR count). The number of aromatic nitrogens is 2. The lowest BCUT2D eigenvalue weighted by Gasteiger charge is -2.15. The molecule has 0 radical (unpaired) electrons. The van der Waals surface area contributed by atoms with E-state index in [4.69, 9.17) is 16.1 Å². The van der Waals surface area contributed by atoms with Gasteiger partial charge in [-0.25, -0.2) is 4.39 Å². The van der Waals surface area contributed by atoms with Gasteiger partial charge in [-0.05, 0) is 36.4 Å². The second kappa shape index (κ2) is 7.76. The number of rotatable bonds is 6. The van der Waals surface area contributed by atoms with Gasteiger partial charge in [-0.1, -0.05) is 16.8 Å². The first-order valence-corrected chi connectivity index (χ1v) is 8.77. The molecular weight excluding hydrogens is 365 g/mol. The van der Waals surface area contributed by atoms with Gasteiger partial charge in [0.15, 0.2) is 0 Å². The van der Waals surface area contributed by atoms with Crippen molar-refractivity contribution in [2.24, 2.45) is 0 Å². The van der Waals surface area contributed by atoms with Crippen LogP contribution >= 0.6 is 22.9 Å². The van der Waals surface area contributed by atoms with Crippen LogP contribution in [0.15, 0.2) is 40.9 Å². The Kier molecular flexibility index (Phi) is 5.45. The van der Waals surface area contributed by atoms with Crippen LogP contribution in [0, 0.1) is 5.82 Å². The Bertz CT molecular complexity index is 863. The van der Waals surface area contributed by atoms with Crippen LogP contribution in [0.2, 0.25) is 4.34 Å². The fourth-order valence-corrected chi connectivity index (χ4v) is 3.38. The third-order valence-electron chi connectivity index (χ3n) is 3.57. The standard InChI is InChI=1S/C17H15ClFN3O2S/c1-22(10-13-6-7-14(18)25-13)16(23)9-8-15-20-17(21-24-15)11-2-4-12(19)5-3-11/h2-7H,8-10H2,1H3. The minimum Gasteiger partial charge on any atom is -0.341 e. The Morgan fingerprint density at radius 3 is 2.72 bits per heavy atom. The quantitative estimate of drug-likeness (QED) is 0.644. The number of carbonyl (C=O) groups is 1. The van der Waals surface area contributed by atoms with E-state index in [-0.39, 0.29) is 18.1 Å². The zero-order valence-electron chi connectivity index (χ0n) is 13.4. The van der Waals surface area contributed by atoms with Gasteiger partial charge in [0.05, 0.1) is 10.9 Å². The van der Waals surface area contributed by atoms with Crippen molar-refractivity contribution in [3.8, 4) is 11.4 Å². The van der Waals surface area contributed by atoms with E-state index in [1.807, 2.05) is 12.1 Å². The highest BCUT2D eigenvalue weighted by atomic mass is 35.5. The number of aryl methyl sites for hydroxylation is 1. The monoisotopic (exact) mass is 379 g/mol. The first-order chi connectivity index (χ1) is 12.0. The molecule has 0 aliphatic heterocycles. The normalized spacial score (nSPS) is 10.8. The molecule has 25 heavy (non-hydrogen) atoms. The molecule has 0 unspecified atom stereocenters. The van der Waals surface area contributed by atoms with Gasteiger partial charge in [0.25, 0.3) is 0 Å². The van der Waals surface area contributed by atoms with Gasteiger partial charge < -0.3 is 9.42 Å². The summed E-state index contributed by atoms with van der Waals surface area (Å²) in [5.74, 6) is 0.406. The predicted molar refractivity (Wildman–Crippen MR) is 93.8 cm³/mol. The topological polar surface area (TPSA) is 59.2 Å². The summed E-state index contributed by atoms with van der Waals surface area (Å²) in [6, 6.07) is 9.55. The number of hydrogen-bond donors (Lipinski definition) is 0. The van der Waals surface area contributed by atoms with Crippen LogP contribution in [0.5, 0.6) is 0 Å². The minimum atomic E-state index is -0.326. The van der Waals surface area contributed by atoms with Crippen molar-refractivity contribution in [3.05, 3.63) is 57.3 Å². The molecule has 3 aromatic rings. The van der Waals surface area contributed by atoms with E-state index in [1.165, 1.54) is 23.5 Å². The van der Waals surface area contributed by atoms with E-state index < -0.39 is 0 Å². The summed E-state index contributed by atoms with van der Waals surface area (Å²) < 4.78 is 18.8. The van der Waals surface area contributed by atoms with E-state index in [0.717, 1.165) is 4.88 Å². The van der Waals surface area contributed by atoms with Gasteiger partial charge >= 0.3 is 0 Å². The van der Waals surface area contributed by atoms with Crippen molar-refractivity contribution < 1.29 is 13.7 Å². The molecule has 130 valence electrons. The van der Waals surface area contributed by atoms with E-state index in [2.05, 4.69) is 10.1 Å². The first kappa shape index (κ1) is 17.6. The van der Waals surface area contributed by atoms with Crippen LogP contribution in [0.4, 0.5) is 4.39 Å². The van der Waals surface area contributed by atoms with Crippen LogP contribution in [0.25, 0.3) is 11.4 Å². The molecule has 1 aromatic carbocycles. The number of thiophene rings is 1. The number of nitrogens with zero attached hydrogens (tertiary/aromatic N) is 3. The summed E-state index contributed by atoms with van der Waals surface area (Å²) in [5.41, 5.74) is 0.661. The van der Waals surface area contributed by atoms with Crippen LogP contribution in [0.3, 0.4) is 0 Å². The predicted octanol–water partition coefficient (Wildman–Crippen LogP) is 4.18.